The third-order valence-electron chi connectivity index (χ3n) is 15.8. The molecule has 4 fully saturated rings. The predicted molar refractivity (Wildman–Crippen MR) is 185 cm³/mol. The van der Waals surface area contributed by atoms with Crippen molar-refractivity contribution in [1.82, 2.24) is 14.8 Å². The number of allylic oxidation sites excluding steroid dienone is 1. The molecule has 5 aliphatic rings. The van der Waals surface area contributed by atoms with Crippen molar-refractivity contribution in [2.75, 3.05) is 19.8 Å². The van der Waals surface area contributed by atoms with Crippen LogP contribution in [0.15, 0.2) is 18.0 Å². The van der Waals surface area contributed by atoms with Crippen LogP contribution in [0, 0.1) is 62.6 Å². The van der Waals surface area contributed by atoms with Crippen LogP contribution in [-0.2, 0) is 14.3 Å². The molecule has 8 nitrogen and oxygen atoms in total. The highest BCUT2D eigenvalue weighted by Gasteiger charge is 2.72. The largest absolute Gasteiger partial charge is 0.481 e. The van der Waals surface area contributed by atoms with Crippen LogP contribution in [0.25, 0.3) is 0 Å². The maximum absolute atomic E-state index is 13.4. The van der Waals surface area contributed by atoms with E-state index in [1.165, 1.54) is 5.57 Å². The van der Waals surface area contributed by atoms with Crippen molar-refractivity contribution >= 4 is 17.6 Å². The molecular weight excluding hydrogens is 612 g/mol. The van der Waals surface area contributed by atoms with Gasteiger partial charge in [-0.3, -0.25) is 4.79 Å². The number of aliphatic carboxylic acids is 1. The van der Waals surface area contributed by atoms with Crippen LogP contribution in [0.2, 0.25) is 5.28 Å². The molecular formula is C38H61ClN4O4. The number of fused-ring (bicyclic) bond motifs is 3. The second kappa shape index (κ2) is 11.5. The number of hydrogen-bond donors (Lipinski definition) is 2. The normalized spacial score (nSPS) is 45.0. The zero-order valence-corrected chi connectivity index (χ0v) is 31.4. The summed E-state index contributed by atoms with van der Waals surface area (Å²) in [7, 11) is 0. The molecule has 12 atom stereocenters. The maximum atomic E-state index is 13.4. The monoisotopic (exact) mass is 672 g/mol. The summed E-state index contributed by atoms with van der Waals surface area (Å²) in [5.74, 6) is 0.630. The van der Waals surface area contributed by atoms with Gasteiger partial charge in [0.15, 0.2) is 0 Å². The van der Waals surface area contributed by atoms with Gasteiger partial charge in [0.25, 0.3) is 0 Å². The first-order valence-electron chi connectivity index (χ1n) is 18.3. The Labute approximate surface area is 288 Å². The number of ether oxygens (including phenoxy) is 2. The standard InChI is InChI=1S/C38H61ClN4O4/c1-22(2)24(5)33(6)15-16-35(8)25-11-12-28-34(7)18-46-20-38(28,26(25)13-14-36(35,9)29(33)31(44)45)17-27(43-21-41-32(39)42-43)30(34)47-19-37(10,40)23(3)4/h13,21-25,27-30H,11-12,14-20,40H2,1-10H3,(H,44,45)/t24-,25+,27-,28+,29-,30+,33-,34+,35-,36+,37+,38+/m1/s1. The zero-order valence-electron chi connectivity index (χ0n) is 30.6. The summed E-state index contributed by atoms with van der Waals surface area (Å²) < 4.78 is 15.6. The quantitative estimate of drug-likeness (QED) is 0.271. The van der Waals surface area contributed by atoms with Crippen molar-refractivity contribution in [3.05, 3.63) is 23.3 Å². The van der Waals surface area contributed by atoms with Crippen molar-refractivity contribution in [2.24, 2.45) is 68.3 Å². The fourth-order valence-corrected chi connectivity index (χ4v) is 12.1. The van der Waals surface area contributed by atoms with E-state index in [4.69, 9.17) is 26.8 Å². The smallest absolute Gasteiger partial charge is 0.307 e. The first-order valence-corrected chi connectivity index (χ1v) is 18.6. The van der Waals surface area contributed by atoms with Crippen molar-refractivity contribution in [1.29, 1.82) is 0 Å². The van der Waals surface area contributed by atoms with Crippen LogP contribution in [0.5, 0.6) is 0 Å². The molecule has 1 aromatic rings. The van der Waals surface area contributed by atoms with Gasteiger partial charge in [0.1, 0.15) is 6.33 Å². The number of rotatable bonds is 8. The molecule has 2 bridgehead atoms. The lowest BCUT2D eigenvalue weighted by atomic mass is 9.34. The second-order valence-electron chi connectivity index (χ2n) is 18.5. The molecule has 264 valence electrons. The fourth-order valence-electron chi connectivity index (χ4n) is 12.0. The van der Waals surface area contributed by atoms with E-state index in [-0.39, 0.29) is 50.4 Å². The molecule has 3 N–H and O–H groups in total. The molecule has 1 aromatic heterocycles. The molecule has 3 saturated carbocycles. The third kappa shape index (κ3) is 4.95. The Hall–Kier alpha value is -1.48. The van der Waals surface area contributed by atoms with Gasteiger partial charge < -0.3 is 20.3 Å². The molecule has 6 rings (SSSR count). The Morgan fingerprint density at radius 2 is 1.85 bits per heavy atom. The average Bonchev–Trinajstić information content (AvgIpc) is 3.42. The molecule has 0 unspecified atom stereocenters. The lowest BCUT2D eigenvalue weighted by molar-refractivity contribution is -0.252. The van der Waals surface area contributed by atoms with Crippen LogP contribution >= 0.6 is 11.6 Å². The van der Waals surface area contributed by atoms with Crippen LogP contribution in [0.1, 0.15) is 114 Å². The SMILES string of the molecule is CC(C)[C@@H](C)[C@@]1(C)CC[C@]2(C)[C@H]3CC[C@@H]4[C@@]5(COC[C@]4(C)[C@@H](OC[C@](C)(N)C(C)C)[C@H](n4cnc(Cl)n4)C5)C3=CC[C@@]2(C)[C@@H]1C(=O)O. The number of carboxylic acid groups (broad SMARTS) is 1. The highest BCUT2D eigenvalue weighted by Crippen LogP contribution is 2.75. The molecule has 0 radical (unpaired) electrons. The molecule has 9 heteroatoms. The Morgan fingerprint density at radius 3 is 2.45 bits per heavy atom. The van der Waals surface area contributed by atoms with Gasteiger partial charge in [-0.1, -0.05) is 74.0 Å². The minimum absolute atomic E-state index is 0.0859. The number of nitrogens with two attached hydrogens (primary N) is 1. The molecule has 0 aromatic carbocycles. The van der Waals surface area contributed by atoms with E-state index in [0.29, 0.717) is 43.5 Å². The number of carboxylic acids is 1. The van der Waals surface area contributed by atoms with E-state index in [0.717, 1.165) is 38.5 Å². The Kier molecular flexibility index (Phi) is 8.67. The van der Waals surface area contributed by atoms with Crippen LogP contribution in [0.4, 0.5) is 0 Å². The highest BCUT2D eigenvalue weighted by molar-refractivity contribution is 6.28. The summed E-state index contributed by atoms with van der Waals surface area (Å²) >= 11 is 6.35. The summed E-state index contributed by atoms with van der Waals surface area (Å²) in [6.07, 6.45) is 9.79. The number of halogens is 1. The lowest BCUT2D eigenvalue weighted by Crippen LogP contribution is -2.69. The zero-order chi connectivity index (χ0) is 34.5. The Morgan fingerprint density at radius 1 is 1.15 bits per heavy atom. The fraction of sp³-hybridized carbons (Fsp3) is 0.868. The van der Waals surface area contributed by atoms with Crippen molar-refractivity contribution < 1.29 is 19.4 Å². The van der Waals surface area contributed by atoms with Crippen molar-refractivity contribution in [3.63, 3.8) is 0 Å². The van der Waals surface area contributed by atoms with Gasteiger partial charge in [0.2, 0.25) is 5.28 Å². The Balaban J connectivity index is 1.44. The van der Waals surface area contributed by atoms with Gasteiger partial charge in [-0.25, -0.2) is 9.67 Å². The molecule has 1 aliphatic heterocycles. The van der Waals surface area contributed by atoms with Crippen LogP contribution in [-0.4, -0.2) is 57.3 Å². The highest BCUT2D eigenvalue weighted by atomic mass is 35.5. The molecule has 47 heavy (non-hydrogen) atoms. The van der Waals surface area contributed by atoms with Gasteiger partial charge in [-0.05, 0) is 103 Å². The lowest BCUT2D eigenvalue weighted by Gasteiger charge is -2.71. The molecule has 0 amide bonds. The minimum atomic E-state index is -0.625. The second-order valence-corrected chi connectivity index (χ2v) is 18.8. The van der Waals surface area contributed by atoms with E-state index in [1.807, 2.05) is 4.68 Å². The number of nitrogens with zero attached hydrogens (tertiary/aromatic N) is 3. The van der Waals surface area contributed by atoms with E-state index in [1.54, 1.807) is 6.33 Å². The number of aromatic nitrogens is 3. The van der Waals surface area contributed by atoms with Gasteiger partial charge in [-0.2, -0.15) is 0 Å². The van der Waals surface area contributed by atoms with E-state index < -0.39 is 17.4 Å². The summed E-state index contributed by atoms with van der Waals surface area (Å²) in [4.78, 5) is 17.8. The van der Waals surface area contributed by atoms with Gasteiger partial charge in [-0.15, -0.1) is 5.10 Å². The molecule has 4 aliphatic carbocycles. The summed E-state index contributed by atoms with van der Waals surface area (Å²) in [6, 6.07) is -0.0859. The van der Waals surface area contributed by atoms with Crippen molar-refractivity contribution in [2.45, 2.75) is 125 Å². The van der Waals surface area contributed by atoms with E-state index in [9.17, 15) is 9.90 Å². The molecule has 0 spiro atoms. The summed E-state index contributed by atoms with van der Waals surface area (Å²) in [5.41, 5.74) is 6.57. The number of carbonyl (C=O) groups is 1. The minimum Gasteiger partial charge on any atom is -0.481 e. The van der Waals surface area contributed by atoms with E-state index in [2.05, 4.69) is 85.4 Å². The first-order chi connectivity index (χ1) is 21.8. The third-order valence-corrected chi connectivity index (χ3v) is 16.0. The van der Waals surface area contributed by atoms with Crippen LogP contribution in [0.3, 0.4) is 0 Å². The number of hydrogen-bond acceptors (Lipinski definition) is 6. The Bertz CT molecular complexity index is 1410. The van der Waals surface area contributed by atoms with Gasteiger partial charge >= 0.3 is 5.97 Å². The predicted octanol–water partition coefficient (Wildman–Crippen LogP) is 7.82. The maximum Gasteiger partial charge on any atom is 0.307 e. The van der Waals surface area contributed by atoms with Gasteiger partial charge in [0, 0.05) is 16.4 Å². The van der Waals surface area contributed by atoms with Crippen LogP contribution < -0.4 is 5.73 Å². The summed E-state index contributed by atoms with van der Waals surface area (Å²) in [5, 5.41) is 15.9. The summed E-state index contributed by atoms with van der Waals surface area (Å²) in [6.45, 7) is 24.3. The van der Waals surface area contributed by atoms with Crippen molar-refractivity contribution in [3.8, 4) is 0 Å². The molecule has 2 heterocycles. The first kappa shape index (κ1) is 35.3. The molecule has 1 saturated heterocycles. The van der Waals surface area contributed by atoms with Gasteiger partial charge in [0.05, 0.1) is 37.9 Å². The topological polar surface area (TPSA) is 112 Å². The van der Waals surface area contributed by atoms with E-state index >= 15 is 0 Å². The average molecular weight is 673 g/mol.